The van der Waals surface area contributed by atoms with E-state index in [1.165, 1.54) is 0 Å². The molecule has 0 radical (unpaired) electrons. The lowest BCUT2D eigenvalue weighted by Gasteiger charge is -2.03. The predicted octanol–water partition coefficient (Wildman–Crippen LogP) is -0.307. The van der Waals surface area contributed by atoms with E-state index in [4.69, 9.17) is 24.4 Å². The third kappa shape index (κ3) is 4.76. The molecule has 1 saturated carbocycles. The molecular weight excluding hydrogens is 212 g/mol. The maximum absolute atomic E-state index is 8.75. The highest BCUT2D eigenvalue weighted by molar-refractivity contribution is 4.74. The molecule has 4 atom stereocenters. The van der Waals surface area contributed by atoms with E-state index in [0.29, 0.717) is 12.2 Å². The summed E-state index contributed by atoms with van der Waals surface area (Å²) in [5, 5.41) is 17.5. The van der Waals surface area contributed by atoms with Crippen LogP contribution in [0.3, 0.4) is 0 Å². The number of hydrogen-bond donors (Lipinski definition) is 2. The largest absolute Gasteiger partial charge is 0.390 e. The van der Waals surface area contributed by atoms with Crippen LogP contribution in [-0.2, 0) is 14.2 Å². The maximum Gasteiger partial charge on any atom is 0.104 e. The van der Waals surface area contributed by atoms with Crippen molar-refractivity contribution in [1.29, 1.82) is 0 Å². The second-order valence-corrected chi connectivity index (χ2v) is 4.51. The van der Waals surface area contributed by atoms with Crippen molar-refractivity contribution in [3.8, 4) is 0 Å². The van der Waals surface area contributed by atoms with E-state index in [1.807, 2.05) is 0 Å². The van der Waals surface area contributed by atoms with Crippen LogP contribution >= 0.6 is 0 Å². The Labute approximate surface area is 95.3 Å². The number of rotatable bonds is 4. The van der Waals surface area contributed by atoms with Crippen LogP contribution in [0.25, 0.3) is 0 Å². The molecule has 5 nitrogen and oxygen atoms in total. The van der Waals surface area contributed by atoms with Gasteiger partial charge in [-0.15, -0.1) is 0 Å². The zero-order valence-electron chi connectivity index (χ0n) is 9.38. The van der Waals surface area contributed by atoms with E-state index in [1.54, 1.807) is 0 Å². The van der Waals surface area contributed by atoms with E-state index >= 15 is 0 Å². The van der Waals surface area contributed by atoms with Crippen molar-refractivity contribution < 1.29 is 24.4 Å². The maximum atomic E-state index is 8.75. The lowest BCUT2D eigenvalue weighted by atomic mass is 10.3. The number of hydrogen-bond acceptors (Lipinski definition) is 5. The Bertz CT molecular complexity index is 183. The first-order chi connectivity index (χ1) is 7.75. The Hall–Kier alpha value is -0.200. The van der Waals surface area contributed by atoms with Gasteiger partial charge < -0.3 is 24.4 Å². The van der Waals surface area contributed by atoms with E-state index in [2.05, 4.69) is 0 Å². The third-order valence-corrected chi connectivity index (χ3v) is 2.86. The van der Waals surface area contributed by atoms with Crippen LogP contribution in [0.4, 0.5) is 0 Å². The lowest BCUT2D eigenvalue weighted by Crippen LogP contribution is -2.17. The molecule has 2 heterocycles. The highest BCUT2D eigenvalue weighted by atomic mass is 16.6. The Morgan fingerprint density at radius 3 is 1.62 bits per heavy atom. The molecule has 16 heavy (non-hydrogen) atoms. The molecule has 0 amide bonds. The number of aliphatic hydroxyl groups excluding tert-OH is 2. The van der Waals surface area contributed by atoms with Gasteiger partial charge in [0.05, 0.1) is 38.6 Å². The van der Waals surface area contributed by atoms with Crippen molar-refractivity contribution in [2.45, 2.75) is 43.7 Å². The van der Waals surface area contributed by atoms with Crippen LogP contribution in [0, 0.1) is 0 Å². The van der Waals surface area contributed by atoms with Crippen LogP contribution < -0.4 is 0 Å². The van der Waals surface area contributed by atoms with Crippen molar-refractivity contribution in [3.05, 3.63) is 0 Å². The average Bonchev–Trinajstić information content (AvgIpc) is 3.14. The van der Waals surface area contributed by atoms with Gasteiger partial charge in [0, 0.05) is 0 Å². The Morgan fingerprint density at radius 2 is 1.38 bits per heavy atom. The van der Waals surface area contributed by atoms with E-state index in [-0.39, 0.29) is 0 Å². The average molecular weight is 232 g/mol. The van der Waals surface area contributed by atoms with Crippen molar-refractivity contribution in [2.24, 2.45) is 0 Å². The van der Waals surface area contributed by atoms with Crippen LogP contribution in [0.5, 0.6) is 0 Å². The highest BCUT2D eigenvalue weighted by Crippen LogP contribution is 2.17. The first-order valence-corrected chi connectivity index (χ1v) is 5.93. The minimum Gasteiger partial charge on any atom is -0.390 e. The monoisotopic (exact) mass is 232 g/mol. The van der Waals surface area contributed by atoms with Crippen molar-refractivity contribution >= 4 is 0 Å². The molecule has 5 heteroatoms. The van der Waals surface area contributed by atoms with Gasteiger partial charge in [-0.3, -0.25) is 0 Å². The summed E-state index contributed by atoms with van der Waals surface area (Å²) in [6, 6.07) is 0. The van der Waals surface area contributed by atoms with Gasteiger partial charge in [0.25, 0.3) is 0 Å². The highest BCUT2D eigenvalue weighted by Gasteiger charge is 2.26. The van der Waals surface area contributed by atoms with Gasteiger partial charge in [-0.2, -0.15) is 0 Å². The molecule has 0 aromatic rings. The molecule has 3 rings (SSSR count). The SMILES string of the molecule is C(OCC1CO1)C1CO1.OC1CCCC1O. The zero-order valence-corrected chi connectivity index (χ0v) is 9.38. The summed E-state index contributed by atoms with van der Waals surface area (Å²) in [5.74, 6) is 0. The fraction of sp³-hybridized carbons (Fsp3) is 1.00. The first-order valence-electron chi connectivity index (χ1n) is 5.93. The summed E-state index contributed by atoms with van der Waals surface area (Å²) < 4.78 is 15.1. The molecule has 1 aliphatic carbocycles. The molecule has 0 bridgehead atoms. The standard InChI is InChI=1S/C6H10O3.C5H10O2/c1(5-3-8-5)7-2-6-4-9-6;6-4-2-1-3-5(4)7/h5-6H,1-4H2;4-7H,1-3H2. The van der Waals surface area contributed by atoms with E-state index in [9.17, 15) is 0 Å². The second-order valence-electron chi connectivity index (χ2n) is 4.51. The quantitative estimate of drug-likeness (QED) is 0.650. The molecule has 3 aliphatic rings. The van der Waals surface area contributed by atoms with Gasteiger partial charge in [-0.05, 0) is 19.3 Å². The fourth-order valence-electron chi connectivity index (χ4n) is 1.58. The Balaban J connectivity index is 0.000000125. The minimum absolute atomic E-state index is 0.392. The van der Waals surface area contributed by atoms with Crippen LogP contribution in [0.15, 0.2) is 0 Å². The lowest BCUT2D eigenvalue weighted by molar-refractivity contribution is 0.0438. The van der Waals surface area contributed by atoms with Crippen molar-refractivity contribution in [2.75, 3.05) is 26.4 Å². The summed E-state index contributed by atoms with van der Waals surface area (Å²) in [5.41, 5.74) is 0. The molecule has 2 N–H and O–H groups in total. The summed E-state index contributed by atoms with van der Waals surface area (Å²) in [6.07, 6.45) is 2.46. The Kier molecular flexibility index (Phi) is 4.55. The molecule has 0 aromatic heterocycles. The van der Waals surface area contributed by atoms with Gasteiger partial charge in [0.2, 0.25) is 0 Å². The van der Waals surface area contributed by atoms with Crippen molar-refractivity contribution in [3.63, 3.8) is 0 Å². The van der Waals surface area contributed by atoms with Crippen LogP contribution in [0.1, 0.15) is 19.3 Å². The van der Waals surface area contributed by atoms with Crippen LogP contribution in [0.2, 0.25) is 0 Å². The number of aliphatic hydroxyl groups is 2. The van der Waals surface area contributed by atoms with Gasteiger partial charge in [0.1, 0.15) is 12.2 Å². The molecule has 4 unspecified atom stereocenters. The zero-order chi connectivity index (χ0) is 11.4. The summed E-state index contributed by atoms with van der Waals surface area (Å²) in [7, 11) is 0. The second kappa shape index (κ2) is 5.93. The molecular formula is C11H20O5. The van der Waals surface area contributed by atoms with Crippen LogP contribution in [-0.4, -0.2) is 61.1 Å². The molecule has 0 spiro atoms. The molecule has 94 valence electrons. The minimum atomic E-state index is -0.431. The van der Waals surface area contributed by atoms with E-state index in [0.717, 1.165) is 45.7 Å². The summed E-state index contributed by atoms with van der Waals surface area (Å²) in [4.78, 5) is 0. The number of epoxide rings is 2. The molecule has 2 saturated heterocycles. The smallest absolute Gasteiger partial charge is 0.104 e. The van der Waals surface area contributed by atoms with Crippen molar-refractivity contribution in [1.82, 2.24) is 0 Å². The first kappa shape index (κ1) is 12.3. The summed E-state index contributed by atoms with van der Waals surface area (Å²) in [6.45, 7) is 3.26. The van der Waals surface area contributed by atoms with E-state index < -0.39 is 12.2 Å². The van der Waals surface area contributed by atoms with Gasteiger partial charge in [-0.25, -0.2) is 0 Å². The summed E-state index contributed by atoms with van der Waals surface area (Å²) >= 11 is 0. The molecule has 3 fully saturated rings. The Morgan fingerprint density at radius 1 is 0.938 bits per heavy atom. The van der Waals surface area contributed by atoms with Gasteiger partial charge in [0.15, 0.2) is 0 Å². The van der Waals surface area contributed by atoms with Gasteiger partial charge in [-0.1, -0.05) is 0 Å². The topological polar surface area (TPSA) is 74.8 Å². The normalized spacial score (nSPS) is 40.1. The fourth-order valence-corrected chi connectivity index (χ4v) is 1.58. The molecule has 0 aromatic carbocycles. The number of ether oxygens (including phenoxy) is 3. The predicted molar refractivity (Wildman–Crippen MR) is 56.2 cm³/mol. The molecule has 2 aliphatic heterocycles. The third-order valence-electron chi connectivity index (χ3n) is 2.86. The van der Waals surface area contributed by atoms with Gasteiger partial charge >= 0.3 is 0 Å².